The fraction of sp³-hybridized carbons (Fsp3) is 1.00. The van der Waals surface area contributed by atoms with Gasteiger partial charge in [-0.25, -0.2) is 0 Å². The van der Waals surface area contributed by atoms with Crippen LogP contribution in [0.5, 0.6) is 0 Å². The van der Waals surface area contributed by atoms with E-state index in [2.05, 4.69) is 0 Å². The van der Waals surface area contributed by atoms with E-state index >= 15 is 0 Å². The quantitative estimate of drug-likeness (QED) is 0.304. The van der Waals surface area contributed by atoms with Crippen molar-refractivity contribution in [1.29, 1.82) is 0 Å². The van der Waals surface area contributed by atoms with Gasteiger partial charge in [-0.1, -0.05) is 0 Å². The van der Waals surface area contributed by atoms with Crippen LogP contribution >= 0.6 is 19.4 Å². The Balaban J connectivity index is -0.000000122. The zero-order valence-electron chi connectivity index (χ0n) is 10.7. The molecule has 0 heterocycles. The summed E-state index contributed by atoms with van der Waals surface area (Å²) in [4.78, 5) is 25.6. The minimum Gasteiger partial charge on any atom is -0.822 e. The molecule has 7 nitrogen and oxygen atoms in total. The van der Waals surface area contributed by atoms with Gasteiger partial charge in [0.2, 0.25) is 0 Å². The molecule has 0 unspecified atom stereocenters. The Bertz CT molecular complexity index is 202. The van der Waals surface area contributed by atoms with Crippen LogP contribution in [0.4, 0.5) is 0 Å². The summed E-state index contributed by atoms with van der Waals surface area (Å²) in [7, 11) is -2.90. The summed E-state index contributed by atoms with van der Waals surface area (Å²) in [6, 6.07) is 0.778. The van der Waals surface area contributed by atoms with Gasteiger partial charge in [0.15, 0.2) is 0 Å². The van der Waals surface area contributed by atoms with Gasteiger partial charge in [-0.3, -0.25) is 0 Å². The molecule has 0 aliphatic carbocycles. The Labute approximate surface area is 159 Å². The van der Waals surface area contributed by atoms with Gasteiger partial charge in [0, 0.05) is 33.3 Å². The molecule has 0 atom stereocenters. The van der Waals surface area contributed by atoms with Crippen molar-refractivity contribution in [3.8, 4) is 0 Å². The molecule has 0 bridgehead atoms. The Morgan fingerprint density at radius 2 is 1.39 bits per heavy atom. The molecule has 0 radical (unpaired) electrons. The summed E-state index contributed by atoms with van der Waals surface area (Å²) in [5, 5.41) is 0. The summed E-state index contributed by atoms with van der Waals surface area (Å²) in [5.41, 5.74) is 0. The molecule has 0 spiro atoms. The predicted molar refractivity (Wildman–Crippen MR) is 66.0 cm³/mol. The molecule has 0 aliphatic heterocycles. The van der Waals surface area contributed by atoms with Crippen LogP contribution in [-0.4, -0.2) is 96.8 Å². The summed E-state index contributed by atoms with van der Waals surface area (Å²) in [6.07, 6.45) is 0.864. The van der Waals surface area contributed by atoms with Crippen molar-refractivity contribution < 1.29 is 32.5 Å². The van der Waals surface area contributed by atoms with Crippen molar-refractivity contribution in [2.24, 2.45) is 0 Å². The zero-order chi connectivity index (χ0) is 13.2. The second-order valence-electron chi connectivity index (χ2n) is 2.54. The number of hydrogen-bond donors (Lipinski definition) is 0. The number of alkyl halides is 1. The first-order valence-electron chi connectivity index (χ1n) is 4.19. The van der Waals surface area contributed by atoms with Gasteiger partial charge in [0.1, 0.15) is 0 Å². The van der Waals surface area contributed by atoms with Crippen LogP contribution in [0.1, 0.15) is 6.42 Å². The van der Waals surface area contributed by atoms with E-state index in [1.165, 1.54) is 0 Å². The van der Waals surface area contributed by atoms with Gasteiger partial charge >= 0.3 is 69.6 Å². The second kappa shape index (κ2) is 15.9. The van der Waals surface area contributed by atoms with Crippen molar-refractivity contribution in [2.75, 3.05) is 27.2 Å². The molecule has 0 rings (SSSR count). The van der Waals surface area contributed by atoms with E-state index in [9.17, 15) is 0 Å². The molecule has 0 aromatic carbocycles. The van der Waals surface area contributed by atoms with E-state index in [4.69, 9.17) is 44.1 Å². The van der Waals surface area contributed by atoms with Crippen LogP contribution in [0.15, 0.2) is 0 Å². The van der Waals surface area contributed by atoms with Crippen molar-refractivity contribution in [3.63, 3.8) is 0 Å². The molecule has 18 heavy (non-hydrogen) atoms. The maximum Gasteiger partial charge on any atom is 2.00 e. The van der Waals surface area contributed by atoms with Crippen molar-refractivity contribution >= 4 is 89.0 Å². The zero-order valence-corrected chi connectivity index (χ0v) is 17.0. The normalized spacial score (nSPS) is 10.6. The molecule has 0 amide bonds. The second-order valence-corrected chi connectivity index (χ2v) is 6.90. The predicted octanol–water partition coefficient (Wildman–Crippen LogP) is -2.09. The Kier molecular flexibility index (Phi) is 25.3. The molecule has 12 heteroatoms. The van der Waals surface area contributed by atoms with E-state index in [-0.39, 0.29) is 60.8 Å². The minimum absolute atomic E-state index is 0. The summed E-state index contributed by atoms with van der Waals surface area (Å²) in [5.74, 6) is 0.616. The fourth-order valence-electron chi connectivity index (χ4n) is 0.840. The number of rotatable bonds is 6. The van der Waals surface area contributed by atoms with Gasteiger partial charge in [0.05, 0.1) is 0 Å². The first-order valence-corrected chi connectivity index (χ1v) is 8.12. The summed E-state index contributed by atoms with van der Waals surface area (Å²) < 4.78 is 24.1. The Hall–Kier alpha value is 2.52. The largest absolute Gasteiger partial charge is 2.00 e. The van der Waals surface area contributed by atoms with Crippen LogP contribution < -0.4 is 14.7 Å². The molecule has 0 fully saturated rings. The van der Waals surface area contributed by atoms with Gasteiger partial charge in [-0.2, -0.15) is 7.82 Å². The molecule has 0 aliphatic rings. The standard InChI is InChI=1S/C6H15ClO3Si.Ca.Mg.H3O4P/c1-8-11(9-2,10-3)6-4-5-7;;;1-5(2,3)4/h4-6H2,1-3H3;;;(H3,1,2,3,4)/q;2*+2;/p-3. The molecule has 0 saturated carbocycles. The van der Waals surface area contributed by atoms with Crippen molar-refractivity contribution in [3.05, 3.63) is 0 Å². The van der Waals surface area contributed by atoms with Crippen molar-refractivity contribution in [1.82, 2.24) is 0 Å². The average Bonchev–Trinajstić information content (AvgIpc) is 2.19. The number of hydrogen-bond acceptors (Lipinski definition) is 7. The molecule has 0 aromatic rings. The number of phosphoric acid groups is 1. The van der Waals surface area contributed by atoms with Gasteiger partial charge in [-0.15, -0.1) is 11.6 Å². The number of halogens is 1. The van der Waals surface area contributed by atoms with Crippen molar-refractivity contribution in [2.45, 2.75) is 12.5 Å². The summed E-state index contributed by atoms with van der Waals surface area (Å²) >= 11 is 5.53. The van der Waals surface area contributed by atoms with Crippen LogP contribution in [-0.2, 0) is 17.8 Å². The van der Waals surface area contributed by atoms with Crippen LogP contribution in [0.2, 0.25) is 6.04 Å². The van der Waals surface area contributed by atoms with Crippen LogP contribution in [0.3, 0.4) is 0 Å². The van der Waals surface area contributed by atoms with E-state index in [1.54, 1.807) is 21.3 Å². The van der Waals surface area contributed by atoms with Gasteiger partial charge in [0.25, 0.3) is 0 Å². The smallest absolute Gasteiger partial charge is 0.822 e. The Morgan fingerprint density at radius 3 is 1.56 bits per heavy atom. The molecule has 100 valence electrons. The van der Waals surface area contributed by atoms with E-state index < -0.39 is 16.6 Å². The van der Waals surface area contributed by atoms with E-state index in [0.717, 1.165) is 12.5 Å². The molecule has 0 N–H and O–H groups in total. The third-order valence-electron chi connectivity index (χ3n) is 1.55. The van der Waals surface area contributed by atoms with Gasteiger partial charge in [-0.05, 0) is 6.42 Å². The summed E-state index contributed by atoms with van der Waals surface area (Å²) in [6.45, 7) is 0. The maximum atomic E-state index is 8.55. The third-order valence-corrected chi connectivity index (χ3v) is 4.65. The minimum atomic E-state index is -5.39. The fourth-order valence-corrected chi connectivity index (χ4v) is 2.92. The van der Waals surface area contributed by atoms with Crippen LogP contribution in [0, 0.1) is 0 Å². The topological polar surface area (TPSA) is 114 Å². The first kappa shape index (κ1) is 28.7. The molecule has 0 saturated heterocycles. The van der Waals surface area contributed by atoms with Crippen LogP contribution in [0.25, 0.3) is 0 Å². The average molecular weight is 358 g/mol. The van der Waals surface area contributed by atoms with Gasteiger partial charge < -0.3 is 32.5 Å². The van der Waals surface area contributed by atoms with E-state index in [1.807, 2.05) is 0 Å². The van der Waals surface area contributed by atoms with E-state index in [0.29, 0.717) is 5.88 Å². The maximum absolute atomic E-state index is 8.55. The molecular weight excluding hydrogens is 343 g/mol. The molecule has 0 aromatic heterocycles. The first-order chi connectivity index (χ1) is 7.24. The Morgan fingerprint density at radius 1 is 1.11 bits per heavy atom. The SMILES string of the molecule is CO[Si](CCCCl)(OC)OC.O=P([O-])([O-])[O-].[Ca+2].[Mg+2]. The third kappa shape index (κ3) is 20.8. The molecular formula is C6H15CaClMgO7PSi+. The monoisotopic (exact) mass is 357 g/mol.